The summed E-state index contributed by atoms with van der Waals surface area (Å²) in [7, 11) is 0. The molecule has 0 N–H and O–H groups in total. The van der Waals surface area contributed by atoms with E-state index in [0.29, 0.717) is 12.6 Å². The Morgan fingerprint density at radius 3 is 2.73 bits per heavy atom. The van der Waals surface area contributed by atoms with E-state index in [9.17, 15) is 4.79 Å². The quantitative estimate of drug-likeness (QED) is 0.688. The maximum absolute atomic E-state index is 12.1. The molecule has 0 saturated carbocycles. The Morgan fingerprint density at radius 2 is 2.13 bits per heavy atom. The van der Waals surface area contributed by atoms with Crippen LogP contribution in [0.5, 0.6) is 0 Å². The summed E-state index contributed by atoms with van der Waals surface area (Å²) in [5.74, 6) is 0.145. The van der Waals surface area contributed by atoms with Crippen LogP contribution in [-0.2, 0) is 4.74 Å². The highest BCUT2D eigenvalue weighted by Gasteiger charge is 2.41. The van der Waals surface area contributed by atoms with Gasteiger partial charge in [0.25, 0.3) is 5.91 Å². The van der Waals surface area contributed by atoms with E-state index in [-0.39, 0.29) is 12.0 Å². The number of morpholine rings is 1. The highest BCUT2D eigenvalue weighted by atomic mass is 16.5. The van der Waals surface area contributed by atoms with E-state index in [0.717, 1.165) is 18.5 Å². The predicted molar refractivity (Wildman–Crippen MR) is 55.6 cm³/mol. The van der Waals surface area contributed by atoms with E-state index < -0.39 is 0 Å². The van der Waals surface area contributed by atoms with E-state index in [4.69, 9.17) is 4.74 Å². The molecule has 3 nitrogen and oxygen atoms in total. The first-order valence-corrected chi connectivity index (χ1v) is 5.32. The zero-order chi connectivity index (χ0) is 10.3. The second-order valence-electron chi connectivity index (χ2n) is 4.17. The SMILES string of the molecule is O=C(c1ccccc1)N1C[C@H]2C[C@H]1CO2. The third-order valence-electron chi connectivity index (χ3n) is 3.18. The lowest BCUT2D eigenvalue weighted by atomic mass is 10.2. The summed E-state index contributed by atoms with van der Waals surface area (Å²) >= 11 is 0. The maximum Gasteiger partial charge on any atom is 0.254 e. The molecule has 2 saturated heterocycles. The van der Waals surface area contributed by atoms with E-state index >= 15 is 0 Å². The van der Waals surface area contributed by atoms with Crippen LogP contribution in [0.4, 0.5) is 0 Å². The zero-order valence-corrected chi connectivity index (χ0v) is 8.43. The second-order valence-corrected chi connectivity index (χ2v) is 4.17. The van der Waals surface area contributed by atoms with E-state index in [2.05, 4.69) is 0 Å². The number of benzene rings is 1. The fraction of sp³-hybridized carbons (Fsp3) is 0.417. The molecule has 2 aliphatic heterocycles. The van der Waals surface area contributed by atoms with Crippen LogP contribution in [0.25, 0.3) is 0 Å². The van der Waals surface area contributed by atoms with Crippen LogP contribution in [0, 0.1) is 0 Å². The Morgan fingerprint density at radius 1 is 1.33 bits per heavy atom. The lowest BCUT2D eigenvalue weighted by Gasteiger charge is -2.26. The number of carbonyl (C=O) groups excluding carboxylic acids is 1. The van der Waals surface area contributed by atoms with Crippen molar-refractivity contribution in [1.82, 2.24) is 4.90 Å². The van der Waals surface area contributed by atoms with Crippen molar-refractivity contribution < 1.29 is 9.53 Å². The van der Waals surface area contributed by atoms with Crippen LogP contribution in [0.3, 0.4) is 0 Å². The van der Waals surface area contributed by atoms with E-state index in [1.807, 2.05) is 35.2 Å². The fourth-order valence-electron chi connectivity index (χ4n) is 2.39. The number of likely N-dealkylation sites (tertiary alicyclic amines) is 1. The van der Waals surface area contributed by atoms with Crippen LogP contribution in [0.1, 0.15) is 16.8 Å². The van der Waals surface area contributed by atoms with Crippen molar-refractivity contribution in [3.05, 3.63) is 35.9 Å². The minimum atomic E-state index is 0.145. The lowest BCUT2D eigenvalue weighted by Crippen LogP contribution is -2.41. The summed E-state index contributed by atoms with van der Waals surface area (Å²) < 4.78 is 5.47. The van der Waals surface area contributed by atoms with Crippen molar-refractivity contribution in [1.29, 1.82) is 0 Å². The summed E-state index contributed by atoms with van der Waals surface area (Å²) in [5.41, 5.74) is 0.782. The van der Waals surface area contributed by atoms with Crippen molar-refractivity contribution in [2.75, 3.05) is 13.2 Å². The first kappa shape index (κ1) is 8.92. The number of carbonyl (C=O) groups is 1. The van der Waals surface area contributed by atoms with Gasteiger partial charge in [-0.2, -0.15) is 0 Å². The molecule has 78 valence electrons. The second kappa shape index (κ2) is 3.35. The first-order valence-electron chi connectivity index (χ1n) is 5.32. The molecule has 0 radical (unpaired) electrons. The molecule has 2 bridgehead atoms. The van der Waals surface area contributed by atoms with Crippen molar-refractivity contribution in [2.45, 2.75) is 18.6 Å². The van der Waals surface area contributed by atoms with Gasteiger partial charge in [-0.3, -0.25) is 4.79 Å². The summed E-state index contributed by atoms with van der Waals surface area (Å²) in [6, 6.07) is 9.78. The Kier molecular flexibility index (Phi) is 1.99. The molecule has 1 aromatic rings. The molecule has 15 heavy (non-hydrogen) atoms. The highest BCUT2D eigenvalue weighted by molar-refractivity contribution is 5.94. The summed E-state index contributed by atoms with van der Waals surface area (Å²) in [6.07, 6.45) is 1.29. The molecule has 2 heterocycles. The van der Waals surface area contributed by atoms with E-state index in [1.165, 1.54) is 0 Å². The number of hydrogen-bond acceptors (Lipinski definition) is 2. The van der Waals surface area contributed by atoms with Gasteiger partial charge in [-0.1, -0.05) is 18.2 Å². The minimum Gasteiger partial charge on any atom is -0.374 e. The molecule has 1 amide bonds. The van der Waals surface area contributed by atoms with Crippen LogP contribution in [-0.4, -0.2) is 36.1 Å². The fourth-order valence-corrected chi connectivity index (χ4v) is 2.39. The monoisotopic (exact) mass is 203 g/mol. The van der Waals surface area contributed by atoms with Gasteiger partial charge in [-0.05, 0) is 18.6 Å². The molecule has 3 heteroatoms. The highest BCUT2D eigenvalue weighted by Crippen LogP contribution is 2.28. The summed E-state index contributed by atoms with van der Waals surface area (Å²) in [4.78, 5) is 14.1. The molecule has 0 unspecified atom stereocenters. The van der Waals surface area contributed by atoms with Crippen LogP contribution >= 0.6 is 0 Å². The standard InChI is InChI=1S/C12H13NO2/c14-12(9-4-2-1-3-5-9)13-7-11-6-10(13)8-15-11/h1-5,10-11H,6-8H2/t10-,11+/m0/s1. The Hall–Kier alpha value is -1.35. The predicted octanol–water partition coefficient (Wildman–Crippen LogP) is 1.30. The first-order chi connectivity index (χ1) is 7.34. The lowest BCUT2D eigenvalue weighted by molar-refractivity contribution is 0.0259. The number of nitrogens with zero attached hydrogens (tertiary/aromatic N) is 1. The van der Waals surface area contributed by atoms with Crippen molar-refractivity contribution in [2.24, 2.45) is 0 Å². The van der Waals surface area contributed by atoms with Gasteiger partial charge in [0, 0.05) is 12.1 Å². The van der Waals surface area contributed by atoms with Crippen molar-refractivity contribution in [3.8, 4) is 0 Å². The Bertz CT molecular complexity index is 376. The molecule has 2 atom stereocenters. The summed E-state index contributed by atoms with van der Waals surface area (Å²) in [5, 5.41) is 0. The molecule has 0 aliphatic carbocycles. The van der Waals surface area contributed by atoms with Crippen molar-refractivity contribution in [3.63, 3.8) is 0 Å². The van der Waals surface area contributed by atoms with Gasteiger partial charge in [0.15, 0.2) is 0 Å². The third-order valence-corrected chi connectivity index (χ3v) is 3.18. The smallest absolute Gasteiger partial charge is 0.254 e. The van der Waals surface area contributed by atoms with Crippen LogP contribution < -0.4 is 0 Å². The Labute approximate surface area is 88.6 Å². The zero-order valence-electron chi connectivity index (χ0n) is 8.43. The normalized spacial score (nSPS) is 28.4. The molecular formula is C12H13NO2. The number of hydrogen-bond donors (Lipinski definition) is 0. The number of ether oxygens (including phenoxy) is 1. The molecule has 0 spiro atoms. The maximum atomic E-state index is 12.1. The number of amides is 1. The van der Waals surface area contributed by atoms with Gasteiger partial charge in [0.1, 0.15) is 0 Å². The molecule has 2 fully saturated rings. The van der Waals surface area contributed by atoms with Gasteiger partial charge in [-0.15, -0.1) is 0 Å². The summed E-state index contributed by atoms with van der Waals surface area (Å²) in [6.45, 7) is 1.47. The molecule has 0 aromatic heterocycles. The average Bonchev–Trinajstić information content (AvgIpc) is 2.91. The minimum absolute atomic E-state index is 0.145. The largest absolute Gasteiger partial charge is 0.374 e. The molecule has 2 aliphatic rings. The molecule has 3 rings (SSSR count). The topological polar surface area (TPSA) is 29.5 Å². The number of fused-ring (bicyclic) bond motifs is 2. The molecule has 1 aromatic carbocycles. The van der Waals surface area contributed by atoms with Crippen LogP contribution in [0.2, 0.25) is 0 Å². The van der Waals surface area contributed by atoms with Gasteiger partial charge >= 0.3 is 0 Å². The van der Waals surface area contributed by atoms with Crippen LogP contribution in [0.15, 0.2) is 30.3 Å². The third kappa shape index (κ3) is 1.43. The number of rotatable bonds is 1. The molecular weight excluding hydrogens is 190 g/mol. The average molecular weight is 203 g/mol. The van der Waals surface area contributed by atoms with Gasteiger partial charge < -0.3 is 9.64 Å². The van der Waals surface area contributed by atoms with E-state index in [1.54, 1.807) is 0 Å². The Balaban J connectivity index is 1.81. The van der Waals surface area contributed by atoms with Gasteiger partial charge in [-0.25, -0.2) is 0 Å². The van der Waals surface area contributed by atoms with Gasteiger partial charge in [0.2, 0.25) is 0 Å². The van der Waals surface area contributed by atoms with Crippen molar-refractivity contribution >= 4 is 5.91 Å². The van der Waals surface area contributed by atoms with Gasteiger partial charge in [0.05, 0.1) is 18.8 Å².